The van der Waals surface area contributed by atoms with E-state index in [-0.39, 0.29) is 0 Å². The summed E-state index contributed by atoms with van der Waals surface area (Å²) in [4.78, 5) is 0. The van der Waals surface area contributed by atoms with Crippen molar-refractivity contribution in [1.82, 2.24) is 0 Å². The zero-order valence-corrected chi connectivity index (χ0v) is 7.38. The van der Waals surface area contributed by atoms with E-state index in [0.717, 1.165) is 18.4 Å². The van der Waals surface area contributed by atoms with Gasteiger partial charge >= 0.3 is 0 Å². The van der Waals surface area contributed by atoms with Gasteiger partial charge in [0.25, 0.3) is 0 Å². The molecule has 0 saturated heterocycles. The topological polar surface area (TPSA) is 20.2 Å². The highest BCUT2D eigenvalue weighted by Gasteiger charge is 1.98. The fourth-order valence-corrected chi connectivity index (χ4v) is 1.28. The predicted octanol–water partition coefficient (Wildman–Crippen LogP) is 2.99. The molecule has 64 valence electrons. The lowest BCUT2D eigenvalue weighted by Gasteiger charge is -2.04. The van der Waals surface area contributed by atoms with Crippen molar-refractivity contribution in [1.29, 1.82) is 0 Å². The minimum absolute atomic E-state index is 0.337. The summed E-state index contributed by atoms with van der Waals surface area (Å²) in [5.74, 6) is 0.337. The molecule has 0 atom stereocenters. The van der Waals surface area contributed by atoms with Crippen LogP contribution in [0.25, 0.3) is 6.08 Å². The van der Waals surface area contributed by atoms with Gasteiger partial charge in [0.15, 0.2) is 0 Å². The highest BCUT2D eigenvalue weighted by atomic mass is 16.3. The van der Waals surface area contributed by atoms with Crippen LogP contribution in [0.5, 0.6) is 5.75 Å². The van der Waals surface area contributed by atoms with E-state index < -0.39 is 0 Å². The second-order valence-corrected chi connectivity index (χ2v) is 2.84. The Morgan fingerprint density at radius 3 is 2.83 bits per heavy atom. The van der Waals surface area contributed by atoms with Crippen molar-refractivity contribution in [2.45, 2.75) is 19.8 Å². The Balaban J connectivity index is 3.03. The van der Waals surface area contributed by atoms with E-state index in [4.69, 9.17) is 0 Å². The van der Waals surface area contributed by atoms with Crippen LogP contribution in [0.1, 0.15) is 24.5 Å². The summed E-state index contributed by atoms with van der Waals surface area (Å²) in [5, 5.41) is 9.23. The van der Waals surface area contributed by atoms with E-state index in [2.05, 4.69) is 13.5 Å². The molecule has 0 spiro atoms. The van der Waals surface area contributed by atoms with Crippen LogP contribution >= 0.6 is 0 Å². The molecule has 0 aliphatic heterocycles. The number of phenols is 1. The Kier molecular flexibility index (Phi) is 2.92. The summed E-state index contributed by atoms with van der Waals surface area (Å²) in [7, 11) is 0. The minimum atomic E-state index is 0.337. The Morgan fingerprint density at radius 1 is 1.50 bits per heavy atom. The molecule has 0 fully saturated rings. The van der Waals surface area contributed by atoms with Gasteiger partial charge in [-0.05, 0) is 29.7 Å². The van der Waals surface area contributed by atoms with Crippen molar-refractivity contribution >= 4 is 6.08 Å². The molecule has 1 rings (SSSR count). The number of aromatic hydroxyl groups is 1. The lowest BCUT2D eigenvalue weighted by molar-refractivity contribution is 0.474. The fraction of sp³-hybridized carbons (Fsp3) is 0.273. The van der Waals surface area contributed by atoms with E-state index in [0.29, 0.717) is 5.75 Å². The standard InChI is InChI=1S/C11H14O/c1-3-5-10-8-11(12)7-6-9(10)4-2/h4,6-8,12H,2-3,5H2,1H3. The number of rotatable bonds is 3. The first-order chi connectivity index (χ1) is 5.77. The van der Waals surface area contributed by atoms with E-state index in [1.807, 2.05) is 12.1 Å². The molecule has 0 bridgehead atoms. The molecule has 1 heteroatoms. The largest absolute Gasteiger partial charge is 0.508 e. The number of aryl methyl sites for hydroxylation is 1. The Bertz CT molecular complexity index is 276. The SMILES string of the molecule is C=Cc1ccc(O)cc1CCC. The maximum atomic E-state index is 9.23. The molecule has 1 aromatic carbocycles. The molecule has 0 amide bonds. The maximum Gasteiger partial charge on any atom is 0.115 e. The summed E-state index contributed by atoms with van der Waals surface area (Å²) in [5.41, 5.74) is 2.29. The second kappa shape index (κ2) is 3.96. The first-order valence-electron chi connectivity index (χ1n) is 4.22. The van der Waals surface area contributed by atoms with Gasteiger partial charge in [0.05, 0.1) is 0 Å². The summed E-state index contributed by atoms with van der Waals surface area (Å²) in [6.07, 6.45) is 3.91. The molecule has 1 N–H and O–H groups in total. The quantitative estimate of drug-likeness (QED) is 0.724. The molecule has 0 heterocycles. The van der Waals surface area contributed by atoms with Crippen molar-refractivity contribution in [3.05, 3.63) is 35.9 Å². The molecule has 1 aromatic rings. The Labute approximate surface area is 73.4 Å². The monoisotopic (exact) mass is 162 g/mol. The molecule has 0 aromatic heterocycles. The van der Waals surface area contributed by atoms with Gasteiger partial charge in [-0.3, -0.25) is 0 Å². The highest BCUT2D eigenvalue weighted by Crippen LogP contribution is 2.18. The lowest BCUT2D eigenvalue weighted by Crippen LogP contribution is -1.87. The van der Waals surface area contributed by atoms with Crippen LogP contribution in [0.3, 0.4) is 0 Å². The summed E-state index contributed by atoms with van der Waals surface area (Å²) >= 11 is 0. The van der Waals surface area contributed by atoms with Crippen LogP contribution in [0.4, 0.5) is 0 Å². The number of hydrogen-bond donors (Lipinski definition) is 1. The van der Waals surface area contributed by atoms with Crippen LogP contribution in [-0.4, -0.2) is 5.11 Å². The lowest BCUT2D eigenvalue weighted by atomic mass is 10.0. The molecule has 12 heavy (non-hydrogen) atoms. The van der Waals surface area contributed by atoms with Gasteiger partial charge < -0.3 is 5.11 Å². The second-order valence-electron chi connectivity index (χ2n) is 2.84. The fourth-order valence-electron chi connectivity index (χ4n) is 1.28. The van der Waals surface area contributed by atoms with Gasteiger partial charge in [-0.25, -0.2) is 0 Å². The van der Waals surface area contributed by atoms with Gasteiger partial charge in [-0.2, -0.15) is 0 Å². The van der Waals surface area contributed by atoms with Gasteiger partial charge in [-0.1, -0.05) is 32.1 Å². The molecular formula is C11H14O. The molecule has 0 aliphatic carbocycles. The van der Waals surface area contributed by atoms with Crippen molar-refractivity contribution < 1.29 is 5.11 Å². The average molecular weight is 162 g/mol. The smallest absolute Gasteiger partial charge is 0.115 e. The number of phenolic OH excluding ortho intramolecular Hbond substituents is 1. The average Bonchev–Trinajstić information content (AvgIpc) is 2.05. The van der Waals surface area contributed by atoms with E-state index >= 15 is 0 Å². The molecule has 0 aliphatic rings. The maximum absolute atomic E-state index is 9.23. The van der Waals surface area contributed by atoms with Gasteiger partial charge in [-0.15, -0.1) is 0 Å². The van der Waals surface area contributed by atoms with Crippen LogP contribution < -0.4 is 0 Å². The first-order valence-corrected chi connectivity index (χ1v) is 4.22. The molecule has 0 unspecified atom stereocenters. The number of benzene rings is 1. The van der Waals surface area contributed by atoms with Crippen molar-refractivity contribution in [2.75, 3.05) is 0 Å². The van der Waals surface area contributed by atoms with E-state index in [1.165, 1.54) is 5.56 Å². The normalized spacial score (nSPS) is 9.75. The third-order valence-electron chi connectivity index (χ3n) is 1.87. The number of hydrogen-bond acceptors (Lipinski definition) is 1. The van der Waals surface area contributed by atoms with Gasteiger partial charge in [0.2, 0.25) is 0 Å². The van der Waals surface area contributed by atoms with Gasteiger partial charge in [0.1, 0.15) is 5.75 Å². The summed E-state index contributed by atoms with van der Waals surface area (Å²) in [6.45, 7) is 5.84. The van der Waals surface area contributed by atoms with E-state index in [1.54, 1.807) is 12.1 Å². The van der Waals surface area contributed by atoms with Crippen molar-refractivity contribution in [2.24, 2.45) is 0 Å². The molecule has 0 saturated carbocycles. The predicted molar refractivity (Wildman–Crippen MR) is 52.2 cm³/mol. The van der Waals surface area contributed by atoms with Crippen molar-refractivity contribution in [3.63, 3.8) is 0 Å². The van der Waals surface area contributed by atoms with E-state index in [9.17, 15) is 5.11 Å². The van der Waals surface area contributed by atoms with Crippen LogP contribution in [0.2, 0.25) is 0 Å². The molecule has 0 radical (unpaired) electrons. The first kappa shape index (κ1) is 8.85. The molecule has 1 nitrogen and oxygen atoms in total. The summed E-state index contributed by atoms with van der Waals surface area (Å²) < 4.78 is 0. The highest BCUT2D eigenvalue weighted by molar-refractivity contribution is 5.53. The third kappa shape index (κ3) is 1.88. The van der Waals surface area contributed by atoms with Crippen LogP contribution in [0.15, 0.2) is 24.8 Å². The van der Waals surface area contributed by atoms with Crippen molar-refractivity contribution in [3.8, 4) is 5.75 Å². The zero-order chi connectivity index (χ0) is 8.97. The van der Waals surface area contributed by atoms with Crippen LogP contribution in [-0.2, 0) is 6.42 Å². The Hall–Kier alpha value is -1.24. The third-order valence-corrected chi connectivity index (χ3v) is 1.87. The zero-order valence-electron chi connectivity index (χ0n) is 7.38. The van der Waals surface area contributed by atoms with Crippen LogP contribution in [0, 0.1) is 0 Å². The van der Waals surface area contributed by atoms with Gasteiger partial charge in [0, 0.05) is 0 Å². The summed E-state index contributed by atoms with van der Waals surface area (Å²) in [6, 6.07) is 5.39. The minimum Gasteiger partial charge on any atom is -0.508 e. The molecular weight excluding hydrogens is 148 g/mol. The Morgan fingerprint density at radius 2 is 2.25 bits per heavy atom.